The molecule has 0 aromatic heterocycles. The minimum atomic E-state index is -0.950. The Morgan fingerprint density at radius 2 is 2.24 bits per heavy atom. The molecule has 1 N–H and O–H groups in total. The van der Waals surface area contributed by atoms with Gasteiger partial charge < -0.3 is 9.84 Å². The van der Waals surface area contributed by atoms with E-state index in [-0.39, 0.29) is 0 Å². The Morgan fingerprint density at radius 3 is 2.65 bits per heavy atom. The molecule has 0 unspecified atom stereocenters. The van der Waals surface area contributed by atoms with Crippen LogP contribution >= 0.6 is 0 Å². The second-order valence-electron chi connectivity index (χ2n) is 4.37. The largest absolute Gasteiger partial charge is 0.496 e. The van der Waals surface area contributed by atoms with Crippen LogP contribution in [0.25, 0.3) is 0 Å². The van der Waals surface area contributed by atoms with Gasteiger partial charge in [-0.15, -0.1) is 0 Å². The van der Waals surface area contributed by atoms with Crippen molar-refractivity contribution in [2.24, 2.45) is 0 Å². The maximum absolute atomic E-state index is 13.0. The molecule has 4 heteroatoms. The van der Waals surface area contributed by atoms with Gasteiger partial charge in [-0.2, -0.15) is 0 Å². The fourth-order valence-corrected chi connectivity index (χ4v) is 2.50. The summed E-state index contributed by atoms with van der Waals surface area (Å²) in [6.45, 7) is -0.665. The first kappa shape index (κ1) is 11.9. The van der Waals surface area contributed by atoms with Crippen LogP contribution < -0.4 is 4.74 Å². The van der Waals surface area contributed by atoms with Crippen molar-refractivity contribution in [3.63, 3.8) is 0 Å². The molecule has 17 heavy (non-hydrogen) atoms. The molecule has 2 rings (SSSR count). The number of hydrogen-bond acceptors (Lipinski definition) is 2. The zero-order chi connectivity index (χ0) is 12.5. The van der Waals surface area contributed by atoms with E-state index < -0.39 is 18.1 Å². The summed E-state index contributed by atoms with van der Waals surface area (Å²) < 4.78 is 18.2. The van der Waals surface area contributed by atoms with Gasteiger partial charge in [-0.3, -0.25) is 4.79 Å². The van der Waals surface area contributed by atoms with Gasteiger partial charge in [0, 0.05) is 5.56 Å². The topological polar surface area (TPSA) is 46.5 Å². The summed E-state index contributed by atoms with van der Waals surface area (Å²) in [5.74, 6) is -0.412. The summed E-state index contributed by atoms with van der Waals surface area (Å²) in [7, 11) is 1.48. The number of carbonyl (C=O) groups is 1. The van der Waals surface area contributed by atoms with Gasteiger partial charge in [0.1, 0.15) is 12.4 Å². The number of ether oxygens (including phenoxy) is 1. The Morgan fingerprint density at radius 1 is 1.53 bits per heavy atom. The molecule has 3 nitrogen and oxygen atoms in total. The van der Waals surface area contributed by atoms with Crippen molar-refractivity contribution < 1.29 is 19.0 Å². The molecule has 1 aromatic rings. The molecular formula is C13H15FO3. The van der Waals surface area contributed by atoms with Crippen molar-refractivity contribution in [1.29, 1.82) is 0 Å². The average molecular weight is 238 g/mol. The Labute approximate surface area is 99.2 Å². The van der Waals surface area contributed by atoms with Gasteiger partial charge in [0.2, 0.25) is 0 Å². The summed E-state index contributed by atoms with van der Waals surface area (Å²) in [5, 5.41) is 9.40. The van der Waals surface area contributed by atoms with Crippen LogP contribution in [0.1, 0.15) is 30.4 Å². The first-order valence-corrected chi connectivity index (χ1v) is 5.61. The Balaban J connectivity index is 2.59. The molecule has 1 fully saturated rings. The molecule has 0 bridgehead atoms. The van der Waals surface area contributed by atoms with Gasteiger partial charge in [-0.05, 0) is 24.5 Å². The molecule has 92 valence electrons. The maximum Gasteiger partial charge on any atom is 0.314 e. The number of alkyl halides is 1. The van der Waals surface area contributed by atoms with E-state index in [1.165, 1.54) is 7.11 Å². The van der Waals surface area contributed by atoms with E-state index in [0.29, 0.717) is 29.7 Å². The van der Waals surface area contributed by atoms with E-state index in [4.69, 9.17) is 4.74 Å². The average Bonchev–Trinajstić information content (AvgIpc) is 2.27. The molecule has 0 saturated heterocycles. The second-order valence-corrected chi connectivity index (χ2v) is 4.37. The first-order chi connectivity index (χ1) is 8.15. The normalized spacial score (nSPS) is 17.3. The molecule has 0 radical (unpaired) electrons. The molecule has 1 saturated carbocycles. The first-order valence-electron chi connectivity index (χ1n) is 5.61. The Hall–Kier alpha value is -1.58. The van der Waals surface area contributed by atoms with Crippen LogP contribution in [0.15, 0.2) is 18.2 Å². The number of aliphatic carboxylic acids is 1. The molecular weight excluding hydrogens is 223 g/mol. The molecule has 0 amide bonds. The number of benzene rings is 1. The van der Waals surface area contributed by atoms with Crippen molar-refractivity contribution in [2.75, 3.05) is 7.11 Å². The Bertz CT molecular complexity index is 416. The van der Waals surface area contributed by atoms with Gasteiger partial charge in [-0.25, -0.2) is 4.39 Å². The highest BCUT2D eigenvalue weighted by Gasteiger charge is 2.48. The van der Waals surface area contributed by atoms with Crippen molar-refractivity contribution in [2.45, 2.75) is 31.4 Å². The minimum Gasteiger partial charge on any atom is -0.496 e. The highest BCUT2D eigenvalue weighted by Crippen LogP contribution is 2.48. The lowest BCUT2D eigenvalue weighted by Gasteiger charge is -2.39. The highest BCUT2D eigenvalue weighted by molar-refractivity contribution is 5.84. The van der Waals surface area contributed by atoms with E-state index in [0.717, 1.165) is 6.42 Å². The Kier molecular flexibility index (Phi) is 3.05. The zero-order valence-corrected chi connectivity index (χ0v) is 9.70. The number of carboxylic acids is 1. The summed E-state index contributed by atoms with van der Waals surface area (Å²) in [4.78, 5) is 11.5. The van der Waals surface area contributed by atoms with Crippen molar-refractivity contribution in [3.05, 3.63) is 29.3 Å². The van der Waals surface area contributed by atoms with E-state index in [1.54, 1.807) is 18.2 Å². The molecule has 0 spiro atoms. The molecule has 1 aromatic carbocycles. The van der Waals surface area contributed by atoms with Crippen LogP contribution in [-0.2, 0) is 16.9 Å². The second kappa shape index (κ2) is 4.35. The van der Waals surface area contributed by atoms with Gasteiger partial charge in [0.25, 0.3) is 0 Å². The van der Waals surface area contributed by atoms with Crippen molar-refractivity contribution in [1.82, 2.24) is 0 Å². The van der Waals surface area contributed by atoms with Crippen LogP contribution in [0, 0.1) is 0 Å². The standard InChI is InChI=1S/C13H15FO3/c1-17-10-5-2-4-9(8-14)11(10)13(12(15)16)6-3-7-13/h2,4-5H,3,6-8H2,1H3,(H,15,16). The fraction of sp³-hybridized carbons (Fsp3) is 0.462. The molecule has 0 aliphatic heterocycles. The van der Waals surface area contributed by atoms with Crippen LogP contribution in [0.2, 0.25) is 0 Å². The number of carboxylic acid groups (broad SMARTS) is 1. The van der Waals surface area contributed by atoms with E-state index in [1.807, 2.05) is 0 Å². The zero-order valence-electron chi connectivity index (χ0n) is 9.70. The summed E-state index contributed by atoms with van der Waals surface area (Å²) >= 11 is 0. The maximum atomic E-state index is 13.0. The lowest BCUT2D eigenvalue weighted by Crippen LogP contribution is -2.43. The quantitative estimate of drug-likeness (QED) is 0.877. The van der Waals surface area contributed by atoms with Crippen LogP contribution in [0.5, 0.6) is 5.75 Å². The monoisotopic (exact) mass is 238 g/mol. The minimum absolute atomic E-state index is 0.423. The number of hydrogen-bond donors (Lipinski definition) is 1. The number of methoxy groups -OCH3 is 1. The summed E-state index contributed by atoms with van der Waals surface area (Å²) in [6, 6.07) is 5.00. The number of halogens is 1. The van der Waals surface area contributed by atoms with E-state index in [2.05, 4.69) is 0 Å². The van der Waals surface area contributed by atoms with Crippen molar-refractivity contribution in [3.8, 4) is 5.75 Å². The lowest BCUT2D eigenvalue weighted by atomic mass is 9.63. The third kappa shape index (κ3) is 1.68. The van der Waals surface area contributed by atoms with Crippen molar-refractivity contribution >= 4 is 5.97 Å². The molecule has 1 aliphatic rings. The SMILES string of the molecule is COc1cccc(CF)c1C1(C(=O)O)CCC1. The summed E-state index contributed by atoms with van der Waals surface area (Å²) in [5.41, 5.74) is -0.0104. The molecule has 1 aliphatic carbocycles. The fourth-order valence-electron chi connectivity index (χ4n) is 2.50. The highest BCUT2D eigenvalue weighted by atomic mass is 19.1. The molecule has 0 atom stereocenters. The lowest BCUT2D eigenvalue weighted by molar-refractivity contribution is -0.147. The summed E-state index contributed by atoms with van der Waals surface area (Å²) in [6.07, 6.45) is 1.96. The van der Waals surface area contributed by atoms with E-state index in [9.17, 15) is 14.3 Å². The predicted octanol–water partition coefficient (Wildman–Crippen LogP) is 2.67. The van der Waals surface area contributed by atoms with Gasteiger partial charge in [0.05, 0.1) is 12.5 Å². The van der Waals surface area contributed by atoms with E-state index >= 15 is 0 Å². The molecule has 0 heterocycles. The van der Waals surface area contributed by atoms with Gasteiger partial charge >= 0.3 is 5.97 Å². The van der Waals surface area contributed by atoms with Gasteiger partial charge in [-0.1, -0.05) is 18.6 Å². The predicted molar refractivity (Wildman–Crippen MR) is 61.0 cm³/mol. The van der Waals surface area contributed by atoms with Crippen LogP contribution in [0.4, 0.5) is 4.39 Å². The van der Waals surface area contributed by atoms with Crippen LogP contribution in [-0.4, -0.2) is 18.2 Å². The number of rotatable bonds is 4. The smallest absolute Gasteiger partial charge is 0.314 e. The third-order valence-electron chi connectivity index (χ3n) is 3.57. The van der Waals surface area contributed by atoms with Gasteiger partial charge in [0.15, 0.2) is 0 Å². The third-order valence-corrected chi connectivity index (χ3v) is 3.57. The van der Waals surface area contributed by atoms with Crippen LogP contribution in [0.3, 0.4) is 0 Å².